The third kappa shape index (κ3) is 3.89. The zero-order valence-electron chi connectivity index (χ0n) is 13.2. The van der Waals surface area contributed by atoms with Gasteiger partial charge in [0.2, 0.25) is 10.0 Å². The molecule has 0 radical (unpaired) electrons. The Kier molecular flexibility index (Phi) is 4.63. The third-order valence-corrected chi connectivity index (χ3v) is 5.38. The summed E-state index contributed by atoms with van der Waals surface area (Å²) in [4.78, 5) is 4.88. The molecule has 0 bridgehead atoms. The molecule has 0 spiro atoms. The second-order valence-electron chi connectivity index (χ2n) is 5.80. The number of aromatic nitrogens is 1. The lowest BCUT2D eigenvalue weighted by Crippen LogP contribution is -2.26. The van der Waals surface area contributed by atoms with Gasteiger partial charge in [-0.2, -0.15) is 0 Å². The number of nitrogens with one attached hydrogen (secondary N) is 2. The highest BCUT2D eigenvalue weighted by Gasteiger charge is 2.14. The molecule has 3 rings (SSSR count). The normalized spacial score (nSPS) is 14.1. The topological polar surface area (TPSA) is 71.1 Å². The number of rotatable bonds is 5. The molecule has 0 aliphatic carbocycles. The smallest absolute Gasteiger partial charge is 0.240 e. The van der Waals surface area contributed by atoms with E-state index in [2.05, 4.69) is 21.1 Å². The molecule has 2 aromatic rings. The molecule has 23 heavy (non-hydrogen) atoms. The Hall–Kier alpha value is -1.92. The van der Waals surface area contributed by atoms with Crippen LogP contribution in [0.2, 0.25) is 0 Å². The minimum atomic E-state index is -3.46. The quantitative estimate of drug-likeness (QED) is 0.882. The molecule has 6 heteroatoms. The van der Waals surface area contributed by atoms with Crippen molar-refractivity contribution in [1.29, 1.82) is 0 Å². The maximum Gasteiger partial charge on any atom is 0.240 e. The van der Waals surface area contributed by atoms with Gasteiger partial charge in [0, 0.05) is 25.2 Å². The van der Waals surface area contributed by atoms with E-state index in [0.717, 1.165) is 36.5 Å². The summed E-state index contributed by atoms with van der Waals surface area (Å²) in [6, 6.07) is 11.0. The van der Waals surface area contributed by atoms with Gasteiger partial charge < -0.3 is 5.32 Å². The highest BCUT2D eigenvalue weighted by molar-refractivity contribution is 7.89. The van der Waals surface area contributed by atoms with Crippen LogP contribution < -0.4 is 10.0 Å². The number of pyridine rings is 1. The van der Waals surface area contributed by atoms with Crippen LogP contribution in [0.1, 0.15) is 23.2 Å². The minimum absolute atomic E-state index is 0.303. The lowest BCUT2D eigenvalue weighted by Gasteiger charge is -2.17. The average molecular weight is 331 g/mol. The molecule has 2 heterocycles. The monoisotopic (exact) mass is 331 g/mol. The largest absolute Gasteiger partial charge is 0.370 e. The van der Waals surface area contributed by atoms with Crippen LogP contribution in [-0.2, 0) is 22.9 Å². The summed E-state index contributed by atoms with van der Waals surface area (Å²) in [6.45, 7) is 3.16. The first kappa shape index (κ1) is 16.0. The summed E-state index contributed by atoms with van der Waals surface area (Å²) < 4.78 is 27.2. The van der Waals surface area contributed by atoms with E-state index in [1.54, 1.807) is 18.2 Å². The molecule has 0 unspecified atom stereocenters. The van der Waals surface area contributed by atoms with Gasteiger partial charge in [0.25, 0.3) is 0 Å². The van der Waals surface area contributed by atoms with Crippen molar-refractivity contribution in [2.24, 2.45) is 0 Å². The third-order valence-electron chi connectivity index (χ3n) is 3.92. The van der Waals surface area contributed by atoms with E-state index in [1.807, 2.05) is 19.1 Å². The van der Waals surface area contributed by atoms with Gasteiger partial charge in [0.05, 0.1) is 4.90 Å². The van der Waals surface area contributed by atoms with Crippen molar-refractivity contribution < 1.29 is 8.42 Å². The Bertz CT molecular complexity index is 803. The fourth-order valence-electron chi connectivity index (χ4n) is 2.69. The van der Waals surface area contributed by atoms with Gasteiger partial charge in [0.1, 0.15) is 5.82 Å². The van der Waals surface area contributed by atoms with E-state index in [4.69, 9.17) is 0 Å². The van der Waals surface area contributed by atoms with Gasteiger partial charge in [0.15, 0.2) is 0 Å². The summed E-state index contributed by atoms with van der Waals surface area (Å²) >= 11 is 0. The number of anilines is 1. The van der Waals surface area contributed by atoms with Crippen LogP contribution in [0.4, 0.5) is 5.82 Å². The number of benzene rings is 1. The molecule has 1 aliphatic rings. The molecule has 122 valence electrons. The standard InChI is InChI=1S/C17H21N3O2S/c1-13-4-2-6-16(12-13)23(21,22)19-11-9-15-8-7-14-5-3-10-18-17(14)20-15/h2,4,6-8,12,19H,3,5,9-11H2,1H3,(H,18,20). The zero-order valence-corrected chi connectivity index (χ0v) is 14.0. The molecular weight excluding hydrogens is 310 g/mol. The van der Waals surface area contributed by atoms with Crippen LogP contribution in [0.5, 0.6) is 0 Å². The Morgan fingerprint density at radius 3 is 2.96 bits per heavy atom. The second-order valence-corrected chi connectivity index (χ2v) is 7.57. The highest BCUT2D eigenvalue weighted by atomic mass is 32.2. The number of aryl methyl sites for hydroxylation is 2. The number of nitrogens with zero attached hydrogens (tertiary/aromatic N) is 1. The number of hydrogen-bond donors (Lipinski definition) is 2. The summed E-state index contributed by atoms with van der Waals surface area (Å²) in [5, 5.41) is 3.29. The van der Waals surface area contributed by atoms with Crippen molar-refractivity contribution in [3.8, 4) is 0 Å². The molecule has 1 aromatic heterocycles. The fourth-order valence-corrected chi connectivity index (χ4v) is 3.82. The van der Waals surface area contributed by atoms with Crippen LogP contribution in [0.15, 0.2) is 41.3 Å². The molecule has 1 aromatic carbocycles. The Morgan fingerprint density at radius 2 is 2.13 bits per heavy atom. The van der Waals surface area contributed by atoms with E-state index < -0.39 is 10.0 Å². The van der Waals surface area contributed by atoms with Gasteiger partial charge in [-0.1, -0.05) is 18.2 Å². The van der Waals surface area contributed by atoms with Crippen LogP contribution in [0.3, 0.4) is 0 Å². The number of sulfonamides is 1. The fraction of sp³-hybridized carbons (Fsp3) is 0.353. The van der Waals surface area contributed by atoms with Crippen molar-refractivity contribution in [2.45, 2.75) is 31.1 Å². The molecule has 5 nitrogen and oxygen atoms in total. The van der Waals surface area contributed by atoms with Gasteiger partial charge in [-0.15, -0.1) is 0 Å². The van der Waals surface area contributed by atoms with E-state index in [-0.39, 0.29) is 0 Å². The molecule has 1 aliphatic heterocycles. The molecule has 0 amide bonds. The van der Waals surface area contributed by atoms with Gasteiger partial charge in [-0.3, -0.25) is 0 Å². The Labute approximate surface area is 137 Å². The van der Waals surface area contributed by atoms with Crippen molar-refractivity contribution >= 4 is 15.8 Å². The van der Waals surface area contributed by atoms with Gasteiger partial charge >= 0.3 is 0 Å². The van der Waals surface area contributed by atoms with E-state index in [9.17, 15) is 8.42 Å². The summed E-state index contributed by atoms with van der Waals surface area (Å²) in [5.74, 6) is 0.940. The molecular formula is C17H21N3O2S. The molecule has 0 fully saturated rings. The zero-order chi connectivity index (χ0) is 16.3. The maximum atomic E-state index is 12.3. The Balaban J connectivity index is 1.63. The van der Waals surface area contributed by atoms with Crippen LogP contribution in [0.25, 0.3) is 0 Å². The average Bonchev–Trinajstić information content (AvgIpc) is 2.54. The first-order chi connectivity index (χ1) is 11.0. The summed E-state index contributed by atoms with van der Waals surface area (Å²) in [5.41, 5.74) is 3.06. The number of fused-ring (bicyclic) bond motifs is 1. The van der Waals surface area contributed by atoms with Gasteiger partial charge in [-0.05, 0) is 49.1 Å². The molecule has 2 N–H and O–H groups in total. The lowest BCUT2D eigenvalue weighted by atomic mass is 10.1. The SMILES string of the molecule is Cc1cccc(S(=O)(=O)NCCc2ccc3c(n2)NCCC3)c1. The second kappa shape index (κ2) is 6.68. The lowest BCUT2D eigenvalue weighted by molar-refractivity contribution is 0.581. The van der Waals surface area contributed by atoms with E-state index >= 15 is 0 Å². The van der Waals surface area contributed by atoms with Crippen molar-refractivity contribution in [1.82, 2.24) is 9.71 Å². The van der Waals surface area contributed by atoms with Gasteiger partial charge in [-0.25, -0.2) is 18.1 Å². The first-order valence-electron chi connectivity index (χ1n) is 7.84. The predicted octanol–water partition coefficient (Wildman–Crippen LogP) is 2.27. The van der Waals surface area contributed by atoms with Crippen molar-refractivity contribution in [3.05, 3.63) is 53.2 Å². The summed E-state index contributed by atoms with van der Waals surface area (Å²) in [7, 11) is -3.46. The first-order valence-corrected chi connectivity index (χ1v) is 9.32. The molecule has 0 saturated heterocycles. The molecule has 0 saturated carbocycles. The van der Waals surface area contributed by atoms with Crippen LogP contribution in [0, 0.1) is 6.92 Å². The van der Waals surface area contributed by atoms with Crippen LogP contribution in [-0.4, -0.2) is 26.5 Å². The summed E-state index contributed by atoms with van der Waals surface area (Å²) in [6.07, 6.45) is 2.75. The van der Waals surface area contributed by atoms with Crippen LogP contribution >= 0.6 is 0 Å². The number of hydrogen-bond acceptors (Lipinski definition) is 4. The predicted molar refractivity (Wildman–Crippen MR) is 91.1 cm³/mol. The van der Waals surface area contributed by atoms with Crippen molar-refractivity contribution in [3.63, 3.8) is 0 Å². The maximum absolute atomic E-state index is 12.3. The highest BCUT2D eigenvalue weighted by Crippen LogP contribution is 2.19. The minimum Gasteiger partial charge on any atom is -0.370 e. The van der Waals surface area contributed by atoms with Crippen molar-refractivity contribution in [2.75, 3.05) is 18.4 Å². The Morgan fingerprint density at radius 1 is 1.26 bits per heavy atom. The van der Waals surface area contributed by atoms with E-state index in [1.165, 1.54) is 5.56 Å². The molecule has 0 atom stereocenters. The van der Waals surface area contributed by atoms with E-state index in [0.29, 0.717) is 17.9 Å².